The van der Waals surface area contributed by atoms with Crippen LogP contribution >= 0.6 is 0 Å². The molecule has 0 fully saturated rings. The first-order valence-electron chi connectivity index (χ1n) is 5.04. The van der Waals surface area contributed by atoms with Crippen LogP contribution in [0, 0.1) is 0 Å². The predicted octanol–water partition coefficient (Wildman–Crippen LogP) is 2.61. The van der Waals surface area contributed by atoms with Crippen LogP contribution in [0.5, 0.6) is 0 Å². The maximum absolute atomic E-state index is 12.8. The summed E-state index contributed by atoms with van der Waals surface area (Å²) < 4.78 is 65.9. The van der Waals surface area contributed by atoms with Crippen molar-refractivity contribution in [3.8, 4) is 0 Å². The molecule has 0 atom stereocenters. The number of methoxy groups -OCH3 is 1. The molecular weight excluding hydrogens is 289 g/mol. The van der Waals surface area contributed by atoms with E-state index in [0.29, 0.717) is 0 Å². The lowest BCUT2D eigenvalue weighted by atomic mass is 10.1. The van der Waals surface area contributed by atoms with Crippen molar-refractivity contribution < 1.29 is 36.3 Å². The van der Waals surface area contributed by atoms with E-state index < -0.39 is 29.7 Å². The molecule has 4 nitrogen and oxygen atoms in total. The lowest BCUT2D eigenvalue weighted by Gasteiger charge is -2.19. The monoisotopic (exact) mass is 297 g/mol. The van der Waals surface area contributed by atoms with E-state index in [1.165, 1.54) is 17.4 Å². The second-order valence-corrected chi connectivity index (χ2v) is 3.56. The minimum atomic E-state index is -6.03. The van der Waals surface area contributed by atoms with Crippen molar-refractivity contribution in [2.24, 2.45) is 0 Å². The van der Waals surface area contributed by atoms with Crippen molar-refractivity contribution in [3.63, 3.8) is 0 Å². The van der Waals surface area contributed by atoms with Gasteiger partial charge in [-0.2, -0.15) is 22.0 Å². The highest BCUT2D eigenvalue weighted by molar-refractivity contribution is 6.03. The molecule has 0 aliphatic rings. The lowest BCUT2D eigenvalue weighted by Crippen LogP contribution is -2.47. The van der Waals surface area contributed by atoms with Crippen LogP contribution in [0.2, 0.25) is 0 Å². The van der Waals surface area contributed by atoms with Gasteiger partial charge in [-0.3, -0.25) is 4.79 Å². The van der Waals surface area contributed by atoms with Crippen LogP contribution in [0.4, 0.5) is 27.6 Å². The average molecular weight is 297 g/mol. The number of carbonyl (C=O) groups excluding carboxylic acids is 2. The highest BCUT2D eigenvalue weighted by Crippen LogP contribution is 2.36. The van der Waals surface area contributed by atoms with Crippen LogP contribution in [-0.2, 0) is 9.53 Å². The molecule has 1 N–H and O–H groups in total. The SMILES string of the molecule is COC(=O)c1ccccc1NC(=O)C(F)(F)C(F)(F)F. The molecule has 110 valence electrons. The summed E-state index contributed by atoms with van der Waals surface area (Å²) in [5.74, 6) is -9.14. The minimum absolute atomic E-state index is 0.346. The summed E-state index contributed by atoms with van der Waals surface area (Å²) in [6.07, 6.45) is -6.03. The van der Waals surface area contributed by atoms with Gasteiger partial charge in [0.25, 0.3) is 0 Å². The van der Waals surface area contributed by atoms with E-state index in [-0.39, 0.29) is 5.56 Å². The van der Waals surface area contributed by atoms with Gasteiger partial charge in [-0.05, 0) is 12.1 Å². The third-order valence-electron chi connectivity index (χ3n) is 2.22. The highest BCUT2D eigenvalue weighted by atomic mass is 19.4. The molecule has 0 aliphatic carbocycles. The van der Waals surface area contributed by atoms with Crippen molar-refractivity contribution in [2.45, 2.75) is 12.1 Å². The molecule has 0 radical (unpaired) electrons. The Morgan fingerprint density at radius 2 is 1.65 bits per heavy atom. The van der Waals surface area contributed by atoms with Crippen LogP contribution < -0.4 is 5.32 Å². The van der Waals surface area contributed by atoms with Crippen molar-refractivity contribution in [1.82, 2.24) is 0 Å². The first-order valence-corrected chi connectivity index (χ1v) is 5.04. The summed E-state index contributed by atoms with van der Waals surface area (Å²) in [6.45, 7) is 0. The number of alkyl halides is 5. The smallest absolute Gasteiger partial charge is 0.463 e. The lowest BCUT2D eigenvalue weighted by molar-refractivity contribution is -0.267. The van der Waals surface area contributed by atoms with E-state index in [4.69, 9.17) is 0 Å². The number of amides is 1. The Bertz CT molecular complexity index is 527. The van der Waals surface area contributed by atoms with E-state index in [0.717, 1.165) is 19.2 Å². The van der Waals surface area contributed by atoms with Crippen molar-refractivity contribution in [1.29, 1.82) is 0 Å². The zero-order valence-corrected chi connectivity index (χ0v) is 9.92. The fraction of sp³-hybridized carbons (Fsp3) is 0.273. The summed E-state index contributed by atoms with van der Waals surface area (Å²) in [6, 6.07) is 4.67. The van der Waals surface area contributed by atoms with Gasteiger partial charge in [0.1, 0.15) is 0 Å². The van der Waals surface area contributed by atoms with Gasteiger partial charge in [-0.25, -0.2) is 4.79 Å². The zero-order chi connectivity index (χ0) is 15.6. The molecule has 0 spiro atoms. The molecule has 0 aromatic heterocycles. The minimum Gasteiger partial charge on any atom is -0.465 e. The number of hydrogen-bond acceptors (Lipinski definition) is 3. The quantitative estimate of drug-likeness (QED) is 0.689. The maximum Gasteiger partial charge on any atom is 0.463 e. The Morgan fingerprint density at radius 3 is 2.15 bits per heavy atom. The Morgan fingerprint density at radius 1 is 1.10 bits per heavy atom. The molecule has 0 saturated heterocycles. The number of benzene rings is 1. The van der Waals surface area contributed by atoms with Crippen molar-refractivity contribution in [2.75, 3.05) is 12.4 Å². The largest absolute Gasteiger partial charge is 0.465 e. The number of hydrogen-bond donors (Lipinski definition) is 1. The molecule has 0 unspecified atom stereocenters. The highest BCUT2D eigenvalue weighted by Gasteiger charge is 2.63. The second-order valence-electron chi connectivity index (χ2n) is 3.56. The van der Waals surface area contributed by atoms with Crippen molar-refractivity contribution >= 4 is 17.6 Å². The Kier molecular flexibility index (Phi) is 4.31. The van der Waals surface area contributed by atoms with Crippen LogP contribution in [-0.4, -0.2) is 31.1 Å². The number of halogens is 5. The molecule has 1 aromatic rings. The zero-order valence-electron chi connectivity index (χ0n) is 9.92. The number of rotatable bonds is 3. The summed E-state index contributed by atoms with van der Waals surface area (Å²) in [7, 11) is 0.991. The van der Waals surface area contributed by atoms with Crippen molar-refractivity contribution in [3.05, 3.63) is 29.8 Å². The third-order valence-corrected chi connectivity index (χ3v) is 2.22. The topological polar surface area (TPSA) is 55.4 Å². The molecular formula is C11H8F5NO3. The Hall–Kier alpha value is -2.19. The van der Waals surface area contributed by atoms with Gasteiger partial charge in [0.05, 0.1) is 18.4 Å². The first kappa shape index (κ1) is 15.9. The van der Waals surface area contributed by atoms with Gasteiger partial charge in [0.2, 0.25) is 0 Å². The van der Waals surface area contributed by atoms with Gasteiger partial charge in [0, 0.05) is 0 Å². The first-order chi connectivity index (χ1) is 9.11. The molecule has 20 heavy (non-hydrogen) atoms. The van der Waals surface area contributed by atoms with Gasteiger partial charge in [-0.1, -0.05) is 12.1 Å². The summed E-state index contributed by atoms with van der Waals surface area (Å²) >= 11 is 0. The van der Waals surface area contributed by atoms with Gasteiger partial charge >= 0.3 is 24.0 Å². The number of ether oxygens (including phenoxy) is 1. The molecule has 0 heterocycles. The fourth-order valence-electron chi connectivity index (χ4n) is 1.21. The normalized spacial score (nSPS) is 11.9. The predicted molar refractivity (Wildman–Crippen MR) is 57.4 cm³/mol. The number of anilines is 1. The number of esters is 1. The third kappa shape index (κ3) is 3.03. The molecule has 0 saturated carbocycles. The molecule has 9 heteroatoms. The van der Waals surface area contributed by atoms with E-state index in [9.17, 15) is 31.5 Å². The van der Waals surface area contributed by atoms with E-state index in [1.54, 1.807) is 0 Å². The summed E-state index contributed by atoms with van der Waals surface area (Å²) in [4.78, 5) is 22.3. The van der Waals surface area contributed by atoms with E-state index in [1.807, 2.05) is 0 Å². The van der Waals surface area contributed by atoms with Crippen LogP contribution in [0.3, 0.4) is 0 Å². The Labute approximate surface area is 109 Å². The number of nitrogens with one attached hydrogen (secondary N) is 1. The van der Waals surface area contributed by atoms with Gasteiger partial charge in [-0.15, -0.1) is 0 Å². The molecule has 0 bridgehead atoms. The number of carbonyl (C=O) groups is 2. The summed E-state index contributed by atoms with van der Waals surface area (Å²) in [5, 5.41) is 1.36. The van der Waals surface area contributed by atoms with Crippen LogP contribution in [0.15, 0.2) is 24.3 Å². The Balaban J connectivity index is 3.06. The average Bonchev–Trinajstić information content (AvgIpc) is 2.37. The van der Waals surface area contributed by atoms with E-state index in [2.05, 4.69) is 4.74 Å². The molecule has 1 amide bonds. The van der Waals surface area contributed by atoms with Gasteiger partial charge < -0.3 is 10.1 Å². The standard InChI is InChI=1S/C11H8F5NO3/c1-20-8(18)6-4-2-3-5-7(6)17-9(19)10(12,13)11(14,15)16/h2-5H,1H3,(H,17,19). The maximum atomic E-state index is 12.8. The van der Waals surface area contributed by atoms with Gasteiger partial charge in [0.15, 0.2) is 0 Å². The van der Waals surface area contributed by atoms with Crippen LogP contribution in [0.1, 0.15) is 10.4 Å². The summed E-state index contributed by atoms with van der Waals surface area (Å²) in [5.41, 5.74) is -0.852. The number of para-hydroxylation sites is 1. The fourth-order valence-corrected chi connectivity index (χ4v) is 1.21. The molecule has 1 aromatic carbocycles. The van der Waals surface area contributed by atoms with E-state index >= 15 is 0 Å². The van der Waals surface area contributed by atoms with Crippen LogP contribution in [0.25, 0.3) is 0 Å². The molecule has 0 aliphatic heterocycles. The second kappa shape index (κ2) is 5.43. The molecule has 1 rings (SSSR count).